The molecule has 5 nitrogen and oxygen atoms in total. The molecule has 0 radical (unpaired) electrons. The van der Waals surface area contributed by atoms with Crippen LogP contribution in [0, 0.1) is 17.3 Å². The summed E-state index contributed by atoms with van der Waals surface area (Å²) in [5.41, 5.74) is 1.42. The fraction of sp³-hybridized carbons (Fsp3) is 0.333. The van der Waals surface area contributed by atoms with Crippen molar-refractivity contribution in [2.24, 2.45) is 0 Å². The van der Waals surface area contributed by atoms with Gasteiger partial charge in [-0.1, -0.05) is 12.8 Å². The second-order valence-electron chi connectivity index (χ2n) is 6.18. The van der Waals surface area contributed by atoms with E-state index in [-0.39, 0.29) is 5.91 Å². The summed E-state index contributed by atoms with van der Waals surface area (Å²) < 4.78 is 0. The Hall–Kier alpha value is -2.52. The molecule has 1 amide bonds. The number of likely N-dealkylation sites (tertiary alicyclic amines) is 1. The van der Waals surface area contributed by atoms with Crippen LogP contribution >= 0.6 is 11.3 Å². The van der Waals surface area contributed by atoms with Crippen LogP contribution in [0.3, 0.4) is 0 Å². The fourth-order valence-corrected chi connectivity index (χ4v) is 3.82. The summed E-state index contributed by atoms with van der Waals surface area (Å²) in [7, 11) is 1.66. The summed E-state index contributed by atoms with van der Waals surface area (Å²) in [6.07, 6.45) is 6.24. The van der Waals surface area contributed by atoms with Crippen molar-refractivity contribution in [3.8, 4) is 22.3 Å². The van der Waals surface area contributed by atoms with Crippen molar-refractivity contribution < 1.29 is 4.79 Å². The van der Waals surface area contributed by atoms with Gasteiger partial charge in [0.25, 0.3) is 0 Å². The Morgan fingerprint density at radius 2 is 2.12 bits per heavy atom. The number of amides is 1. The summed E-state index contributed by atoms with van der Waals surface area (Å²) >= 11 is 1.56. The molecule has 1 aliphatic rings. The fourth-order valence-electron chi connectivity index (χ4n) is 2.78. The molecule has 3 heterocycles. The molecule has 2 aromatic rings. The number of nitrogens with zero attached hydrogens (tertiary/aromatic N) is 3. The van der Waals surface area contributed by atoms with Crippen LogP contribution in [0.1, 0.15) is 37.3 Å². The number of aromatic nitrogens is 2. The van der Waals surface area contributed by atoms with Gasteiger partial charge in [-0.2, -0.15) is 0 Å². The zero-order valence-electron chi connectivity index (χ0n) is 13.9. The van der Waals surface area contributed by atoms with Crippen molar-refractivity contribution in [2.45, 2.75) is 32.1 Å². The predicted molar refractivity (Wildman–Crippen MR) is 95.0 cm³/mol. The maximum Gasteiger partial charge on any atom is 0.228 e. The number of pyridine rings is 1. The number of piperidine rings is 1. The van der Waals surface area contributed by atoms with Crippen LogP contribution in [-0.4, -0.2) is 33.7 Å². The van der Waals surface area contributed by atoms with Gasteiger partial charge in [-0.05, 0) is 13.0 Å². The molecule has 3 rings (SSSR count). The third kappa shape index (κ3) is 2.95. The van der Waals surface area contributed by atoms with Gasteiger partial charge in [0.1, 0.15) is 5.84 Å². The lowest BCUT2D eigenvalue weighted by molar-refractivity contribution is -0.128. The van der Waals surface area contributed by atoms with E-state index in [9.17, 15) is 4.79 Å². The second kappa shape index (κ2) is 6.17. The van der Waals surface area contributed by atoms with Crippen LogP contribution < -0.4 is 0 Å². The maximum atomic E-state index is 12.1. The molecule has 6 heteroatoms. The van der Waals surface area contributed by atoms with Gasteiger partial charge in [-0.3, -0.25) is 15.2 Å². The highest BCUT2D eigenvalue weighted by Gasteiger charge is 2.40. The summed E-state index contributed by atoms with van der Waals surface area (Å²) in [5, 5.41) is 8.92. The smallest absolute Gasteiger partial charge is 0.228 e. The first-order chi connectivity index (χ1) is 11.4. The van der Waals surface area contributed by atoms with E-state index in [1.165, 1.54) is 4.90 Å². The molecule has 1 aliphatic heterocycles. The first-order valence-corrected chi connectivity index (χ1v) is 8.43. The molecule has 0 aromatic carbocycles. The van der Waals surface area contributed by atoms with Gasteiger partial charge < -0.3 is 4.90 Å². The zero-order valence-corrected chi connectivity index (χ0v) is 14.7. The molecular formula is C18H18N4OS. The normalized spacial score (nSPS) is 20.7. The van der Waals surface area contributed by atoms with Gasteiger partial charge >= 0.3 is 0 Å². The Morgan fingerprint density at radius 3 is 2.83 bits per heavy atom. The van der Waals surface area contributed by atoms with Gasteiger partial charge in [0.05, 0.1) is 9.88 Å². The number of carbonyl (C=O) groups is 1. The van der Waals surface area contributed by atoms with E-state index in [0.717, 1.165) is 21.0 Å². The van der Waals surface area contributed by atoms with Crippen molar-refractivity contribution in [3.63, 3.8) is 0 Å². The number of rotatable bonds is 2. The first-order valence-electron chi connectivity index (χ1n) is 7.61. The minimum atomic E-state index is -0.419. The second-order valence-corrected chi connectivity index (χ2v) is 7.21. The lowest BCUT2D eigenvalue weighted by Crippen LogP contribution is -2.46. The molecule has 1 atom stereocenters. The Balaban J connectivity index is 1.93. The molecule has 122 valence electrons. The van der Waals surface area contributed by atoms with Gasteiger partial charge in [0.2, 0.25) is 5.91 Å². The number of nitrogens with one attached hydrogen (secondary N) is 1. The average Bonchev–Trinajstić information content (AvgIpc) is 3.04. The Bertz CT molecular complexity index is 856. The van der Waals surface area contributed by atoms with Crippen LogP contribution in [0.2, 0.25) is 0 Å². The Labute approximate surface area is 145 Å². The molecule has 1 N–H and O–H groups in total. The SMILES string of the molecule is CC#Cc1cncc(-c2cnc([C@@]3(C)CC(=N)N(C)C(=O)C3)s2)c1. The molecule has 2 aromatic heterocycles. The van der Waals surface area contributed by atoms with E-state index >= 15 is 0 Å². The van der Waals surface area contributed by atoms with Gasteiger partial charge in [-0.15, -0.1) is 17.3 Å². The van der Waals surface area contributed by atoms with Crippen LogP contribution in [-0.2, 0) is 10.2 Å². The molecule has 0 unspecified atom stereocenters. The summed E-state index contributed by atoms with van der Waals surface area (Å²) in [6.45, 7) is 3.80. The number of hydrogen-bond donors (Lipinski definition) is 1. The van der Waals surface area contributed by atoms with E-state index in [1.807, 2.05) is 19.2 Å². The highest BCUT2D eigenvalue weighted by molar-refractivity contribution is 7.15. The van der Waals surface area contributed by atoms with E-state index in [0.29, 0.717) is 18.7 Å². The van der Waals surface area contributed by atoms with E-state index in [1.54, 1.807) is 37.7 Å². The number of carbonyl (C=O) groups excluding carboxylic acids is 1. The van der Waals surface area contributed by atoms with Crippen molar-refractivity contribution in [3.05, 3.63) is 35.2 Å². The predicted octanol–water partition coefficient (Wildman–Crippen LogP) is 3.06. The maximum absolute atomic E-state index is 12.1. The summed E-state index contributed by atoms with van der Waals surface area (Å²) in [4.78, 5) is 23.3. The standard InChI is InChI=1S/C18H18N4OS/c1-4-5-12-6-13(10-20-9-12)14-11-21-17(24-14)18(2)7-15(19)22(3)16(23)8-18/h6,9-11,19H,7-8H2,1-3H3/t18-/m0/s1. The van der Waals surface area contributed by atoms with Crippen LogP contribution in [0.25, 0.3) is 10.4 Å². The number of amidine groups is 1. The van der Waals surface area contributed by atoms with Gasteiger partial charge in [0, 0.05) is 55.0 Å². The van der Waals surface area contributed by atoms with Crippen LogP contribution in [0.15, 0.2) is 24.7 Å². The molecule has 0 spiro atoms. The monoisotopic (exact) mass is 338 g/mol. The number of hydrogen-bond acceptors (Lipinski definition) is 5. The molecule has 0 saturated carbocycles. The minimum absolute atomic E-state index is 0.0348. The van der Waals surface area contributed by atoms with Gasteiger partial charge in [-0.25, -0.2) is 4.98 Å². The highest BCUT2D eigenvalue weighted by Crippen LogP contribution is 2.40. The minimum Gasteiger partial charge on any atom is -0.304 e. The topological polar surface area (TPSA) is 69.9 Å². The summed E-state index contributed by atoms with van der Waals surface area (Å²) in [6, 6.07) is 1.99. The average molecular weight is 338 g/mol. The van der Waals surface area contributed by atoms with Crippen molar-refractivity contribution in [1.82, 2.24) is 14.9 Å². The molecule has 1 fully saturated rings. The molecular weight excluding hydrogens is 320 g/mol. The third-order valence-corrected chi connectivity index (χ3v) is 5.54. The molecule has 0 aliphatic carbocycles. The lowest BCUT2D eigenvalue weighted by Gasteiger charge is -2.36. The van der Waals surface area contributed by atoms with Crippen molar-refractivity contribution >= 4 is 23.1 Å². The van der Waals surface area contributed by atoms with Crippen molar-refractivity contribution in [1.29, 1.82) is 5.41 Å². The van der Waals surface area contributed by atoms with E-state index in [2.05, 4.69) is 21.8 Å². The Morgan fingerprint density at radius 1 is 1.33 bits per heavy atom. The molecule has 24 heavy (non-hydrogen) atoms. The van der Waals surface area contributed by atoms with E-state index < -0.39 is 5.41 Å². The largest absolute Gasteiger partial charge is 0.304 e. The molecule has 0 bridgehead atoms. The Kier molecular flexibility index (Phi) is 4.20. The van der Waals surface area contributed by atoms with Gasteiger partial charge in [0.15, 0.2) is 0 Å². The molecule has 1 saturated heterocycles. The highest BCUT2D eigenvalue weighted by atomic mass is 32.1. The zero-order chi connectivity index (χ0) is 17.3. The number of thiazole rings is 1. The quantitative estimate of drug-likeness (QED) is 0.856. The third-order valence-electron chi connectivity index (χ3n) is 4.19. The van der Waals surface area contributed by atoms with E-state index in [4.69, 9.17) is 5.41 Å². The first kappa shape index (κ1) is 16.3. The lowest BCUT2D eigenvalue weighted by atomic mass is 9.80. The van der Waals surface area contributed by atoms with Crippen molar-refractivity contribution in [2.75, 3.05) is 7.05 Å². The summed E-state index contributed by atoms with van der Waals surface area (Å²) in [5.74, 6) is 6.18. The van der Waals surface area contributed by atoms with Crippen LogP contribution in [0.5, 0.6) is 0 Å². The van der Waals surface area contributed by atoms with Crippen LogP contribution in [0.4, 0.5) is 0 Å².